The number of carbonyl (C=O) groups is 2. The number of rotatable bonds is 2. The van der Waals surface area contributed by atoms with Crippen LogP contribution in [0.1, 0.15) is 41.0 Å². The van der Waals surface area contributed by atoms with Crippen molar-refractivity contribution < 1.29 is 32.2 Å². The quantitative estimate of drug-likeness (QED) is 0.577. The summed E-state index contributed by atoms with van der Waals surface area (Å²) >= 11 is 0. The summed E-state index contributed by atoms with van der Waals surface area (Å²) in [6, 6.07) is -1.98. The maximum absolute atomic E-state index is 12.9. The maximum Gasteiger partial charge on any atom is 0.415 e. The van der Waals surface area contributed by atoms with Crippen molar-refractivity contribution in [1.82, 2.24) is 4.90 Å². The Morgan fingerprint density at radius 2 is 1.82 bits per heavy atom. The van der Waals surface area contributed by atoms with E-state index in [1.807, 2.05) is 0 Å². The van der Waals surface area contributed by atoms with E-state index in [-0.39, 0.29) is 17.9 Å². The van der Waals surface area contributed by atoms with Crippen LogP contribution in [0.15, 0.2) is 11.3 Å². The number of esters is 1. The van der Waals surface area contributed by atoms with Crippen LogP contribution >= 0.6 is 0 Å². The fourth-order valence-corrected chi connectivity index (χ4v) is 1.95. The van der Waals surface area contributed by atoms with Crippen molar-refractivity contribution in [2.75, 3.05) is 6.61 Å². The molecule has 1 amide bonds. The minimum Gasteiger partial charge on any atom is -0.463 e. The highest BCUT2D eigenvalue weighted by atomic mass is 19.4. The first-order valence-corrected chi connectivity index (χ1v) is 6.84. The molecule has 22 heavy (non-hydrogen) atoms. The predicted molar refractivity (Wildman–Crippen MR) is 71.9 cm³/mol. The lowest BCUT2D eigenvalue weighted by molar-refractivity contribution is -0.193. The van der Waals surface area contributed by atoms with Gasteiger partial charge in [-0.1, -0.05) is 0 Å². The van der Waals surface area contributed by atoms with Crippen LogP contribution in [0.4, 0.5) is 18.0 Å². The van der Waals surface area contributed by atoms with Gasteiger partial charge in [0.15, 0.2) is 0 Å². The Morgan fingerprint density at radius 1 is 1.27 bits per heavy atom. The SMILES string of the molecule is CCOC(=O)/C(C)=C1\C[C@H](C(F)(F)F)N1C(=O)OC(C)(C)C. The van der Waals surface area contributed by atoms with E-state index >= 15 is 0 Å². The van der Waals surface area contributed by atoms with Crippen molar-refractivity contribution in [2.45, 2.75) is 58.9 Å². The first-order valence-electron chi connectivity index (χ1n) is 6.84. The third-order valence-electron chi connectivity index (χ3n) is 2.97. The zero-order valence-corrected chi connectivity index (χ0v) is 13.2. The van der Waals surface area contributed by atoms with Crippen molar-refractivity contribution in [2.24, 2.45) is 0 Å². The number of nitrogens with zero attached hydrogens (tertiary/aromatic N) is 1. The summed E-state index contributed by atoms with van der Waals surface area (Å²) < 4.78 is 48.6. The number of carbonyl (C=O) groups excluding carboxylic acids is 2. The molecule has 0 aromatic carbocycles. The molecule has 0 aromatic heterocycles. The van der Waals surface area contributed by atoms with E-state index in [0.29, 0.717) is 4.90 Å². The predicted octanol–water partition coefficient (Wildman–Crippen LogP) is 3.40. The normalized spacial score (nSPS) is 21.1. The third kappa shape index (κ3) is 4.14. The lowest BCUT2D eigenvalue weighted by atomic mass is 9.94. The Balaban J connectivity index is 3.08. The smallest absolute Gasteiger partial charge is 0.415 e. The number of alkyl halides is 3. The molecule has 0 unspecified atom stereocenters. The van der Waals surface area contributed by atoms with Crippen LogP contribution in [-0.2, 0) is 14.3 Å². The van der Waals surface area contributed by atoms with E-state index in [1.54, 1.807) is 27.7 Å². The molecule has 0 radical (unpaired) electrons. The first kappa shape index (κ1) is 18.3. The van der Waals surface area contributed by atoms with Crippen LogP contribution in [0.3, 0.4) is 0 Å². The summed E-state index contributed by atoms with van der Waals surface area (Å²) in [5.41, 5.74) is -0.977. The van der Waals surface area contributed by atoms with Crippen molar-refractivity contribution >= 4 is 12.1 Å². The number of hydrogen-bond donors (Lipinski definition) is 0. The Labute approximate surface area is 127 Å². The molecule has 1 fully saturated rings. The van der Waals surface area contributed by atoms with Crippen LogP contribution in [0.5, 0.6) is 0 Å². The molecular formula is C14H20F3NO4. The Morgan fingerprint density at radius 3 is 2.23 bits per heavy atom. The molecule has 5 nitrogen and oxygen atoms in total. The van der Waals surface area contributed by atoms with E-state index in [4.69, 9.17) is 9.47 Å². The topological polar surface area (TPSA) is 55.8 Å². The summed E-state index contributed by atoms with van der Waals surface area (Å²) in [5.74, 6) is -0.744. The van der Waals surface area contributed by atoms with Gasteiger partial charge in [0.2, 0.25) is 0 Å². The van der Waals surface area contributed by atoms with E-state index in [9.17, 15) is 22.8 Å². The van der Waals surface area contributed by atoms with Crippen LogP contribution in [0.2, 0.25) is 0 Å². The monoisotopic (exact) mass is 323 g/mol. The molecule has 0 spiro atoms. The molecule has 1 heterocycles. The van der Waals surface area contributed by atoms with Crippen LogP contribution < -0.4 is 0 Å². The molecule has 0 aromatic rings. The zero-order chi connectivity index (χ0) is 17.3. The molecule has 126 valence electrons. The number of halogens is 3. The van der Waals surface area contributed by atoms with Gasteiger partial charge in [-0.05, 0) is 34.6 Å². The summed E-state index contributed by atoms with van der Waals surface area (Å²) in [6.45, 7) is 7.66. The summed E-state index contributed by atoms with van der Waals surface area (Å²) in [5, 5.41) is 0. The molecule has 0 aliphatic carbocycles. The fourth-order valence-electron chi connectivity index (χ4n) is 1.95. The van der Waals surface area contributed by atoms with E-state index in [0.717, 1.165) is 0 Å². The van der Waals surface area contributed by atoms with Crippen LogP contribution in [0.25, 0.3) is 0 Å². The van der Waals surface area contributed by atoms with Crippen LogP contribution in [-0.4, -0.2) is 41.4 Å². The standard InChI is InChI=1S/C14H20F3NO4/c1-6-21-11(19)8(2)9-7-10(14(15,16)17)18(9)12(20)22-13(3,4)5/h10H,6-7H2,1-5H3/b9-8+/t10-/m1/s1. The molecule has 1 atom stereocenters. The van der Waals surface area contributed by atoms with Crippen LogP contribution in [0, 0.1) is 0 Å². The molecule has 0 bridgehead atoms. The van der Waals surface area contributed by atoms with Gasteiger partial charge in [-0.15, -0.1) is 0 Å². The molecule has 0 saturated carbocycles. The number of ether oxygens (including phenoxy) is 2. The molecule has 1 aliphatic heterocycles. The van der Waals surface area contributed by atoms with Crippen molar-refractivity contribution in [1.29, 1.82) is 0 Å². The lowest BCUT2D eigenvalue weighted by Gasteiger charge is -2.44. The molecule has 1 aliphatic rings. The number of amides is 1. The second-order valence-corrected chi connectivity index (χ2v) is 5.90. The van der Waals surface area contributed by atoms with Gasteiger partial charge < -0.3 is 9.47 Å². The summed E-state index contributed by atoms with van der Waals surface area (Å²) in [6.07, 6.45) is -6.16. The third-order valence-corrected chi connectivity index (χ3v) is 2.97. The minimum absolute atomic E-state index is 0.0185. The second-order valence-electron chi connectivity index (χ2n) is 5.90. The van der Waals surface area contributed by atoms with Gasteiger partial charge >= 0.3 is 18.2 Å². The van der Waals surface area contributed by atoms with Gasteiger partial charge in [0.1, 0.15) is 11.6 Å². The maximum atomic E-state index is 12.9. The Hall–Kier alpha value is -1.73. The molecular weight excluding hydrogens is 303 g/mol. The molecule has 1 rings (SSSR count). The second kappa shape index (κ2) is 6.18. The van der Waals surface area contributed by atoms with Gasteiger partial charge in [-0.25, -0.2) is 9.59 Å². The Bertz CT molecular complexity index is 491. The fraction of sp³-hybridized carbons (Fsp3) is 0.714. The number of likely N-dealkylation sites (tertiary alicyclic amines) is 1. The highest BCUT2D eigenvalue weighted by molar-refractivity contribution is 5.90. The van der Waals surface area contributed by atoms with Crippen molar-refractivity contribution in [3.05, 3.63) is 11.3 Å². The largest absolute Gasteiger partial charge is 0.463 e. The molecule has 1 saturated heterocycles. The zero-order valence-electron chi connectivity index (χ0n) is 13.2. The molecule has 0 N–H and O–H groups in total. The van der Waals surface area contributed by atoms with Crippen molar-refractivity contribution in [3.63, 3.8) is 0 Å². The van der Waals surface area contributed by atoms with Gasteiger partial charge in [0.05, 0.1) is 12.2 Å². The summed E-state index contributed by atoms with van der Waals surface area (Å²) in [7, 11) is 0. The average molecular weight is 323 g/mol. The average Bonchev–Trinajstić information content (AvgIpc) is 2.22. The molecule has 8 heteroatoms. The van der Waals surface area contributed by atoms with E-state index in [2.05, 4.69) is 0 Å². The van der Waals surface area contributed by atoms with Gasteiger partial charge in [-0.2, -0.15) is 13.2 Å². The van der Waals surface area contributed by atoms with E-state index in [1.165, 1.54) is 6.92 Å². The van der Waals surface area contributed by atoms with Gasteiger partial charge in [-0.3, -0.25) is 4.90 Å². The number of hydrogen-bond acceptors (Lipinski definition) is 4. The Kier molecular flexibility index (Phi) is 5.14. The van der Waals surface area contributed by atoms with Crippen molar-refractivity contribution in [3.8, 4) is 0 Å². The highest BCUT2D eigenvalue weighted by Crippen LogP contribution is 2.42. The van der Waals surface area contributed by atoms with E-state index < -0.39 is 36.3 Å². The first-order chi connectivity index (χ1) is 9.88. The lowest BCUT2D eigenvalue weighted by Crippen LogP contribution is -2.58. The van der Waals surface area contributed by atoms with Gasteiger partial charge in [0, 0.05) is 12.1 Å². The van der Waals surface area contributed by atoms with Gasteiger partial charge in [0.25, 0.3) is 0 Å². The minimum atomic E-state index is -4.59. The summed E-state index contributed by atoms with van der Waals surface area (Å²) in [4.78, 5) is 24.1. The highest BCUT2D eigenvalue weighted by Gasteiger charge is 2.55.